The fourth-order valence-corrected chi connectivity index (χ4v) is 9.02. The van der Waals surface area contributed by atoms with Crippen LogP contribution >= 0.6 is 0 Å². The molecule has 3 amide bonds. The molecule has 28 nitrogen and oxygen atoms in total. The van der Waals surface area contributed by atoms with E-state index in [9.17, 15) is 45.0 Å². The summed E-state index contributed by atoms with van der Waals surface area (Å²) in [6.07, 6.45) is 2.12. The van der Waals surface area contributed by atoms with Crippen LogP contribution in [0.4, 0.5) is 11.4 Å². The molecule has 0 bridgehead atoms. The van der Waals surface area contributed by atoms with Gasteiger partial charge in [-0.25, -0.2) is 24.9 Å². The van der Waals surface area contributed by atoms with Gasteiger partial charge in [0.2, 0.25) is 11.8 Å². The molecule has 5 unspecified atom stereocenters. The molecule has 4 aliphatic rings. The van der Waals surface area contributed by atoms with E-state index in [1.165, 1.54) is 34.5 Å². The second-order valence-corrected chi connectivity index (χ2v) is 18.9. The zero-order valence-corrected chi connectivity index (χ0v) is 42.5. The fourth-order valence-electron chi connectivity index (χ4n) is 9.02. The van der Waals surface area contributed by atoms with Crippen LogP contribution in [0.2, 0.25) is 0 Å². The number of benzene rings is 1. The molecule has 5 aromatic rings. The van der Waals surface area contributed by atoms with E-state index in [1.54, 1.807) is 59.3 Å². The number of nitrogen functional groups attached to an aromatic ring is 2. The number of imidazole rings is 2. The molecule has 416 valence electrons. The quantitative estimate of drug-likeness (QED) is 0.0501. The van der Waals surface area contributed by atoms with E-state index in [0.29, 0.717) is 51.5 Å². The number of pyridine rings is 2. The predicted molar refractivity (Wildman–Crippen MR) is 279 cm³/mol. The highest BCUT2D eigenvalue weighted by Gasteiger charge is 2.49. The first-order valence-corrected chi connectivity index (χ1v) is 24.8. The van der Waals surface area contributed by atoms with E-state index >= 15 is 0 Å². The number of nitrogens with one attached hydrogen (secondary N) is 3. The molecule has 3 fully saturated rings. The summed E-state index contributed by atoms with van der Waals surface area (Å²) >= 11 is 0. The summed E-state index contributed by atoms with van der Waals surface area (Å²) in [6.45, 7) is 8.23. The third-order valence-electron chi connectivity index (χ3n) is 13.3. The van der Waals surface area contributed by atoms with Gasteiger partial charge in [0.15, 0.2) is 30.0 Å². The smallest absolute Gasteiger partial charge is 0.251 e. The van der Waals surface area contributed by atoms with Crippen molar-refractivity contribution in [2.75, 3.05) is 31.3 Å². The van der Waals surface area contributed by atoms with Crippen LogP contribution < -0.4 is 44.6 Å². The molecule has 4 aliphatic heterocycles. The summed E-state index contributed by atoms with van der Waals surface area (Å²) in [5.74, 6) is -0.644. The van der Waals surface area contributed by atoms with Gasteiger partial charge in [0.1, 0.15) is 59.3 Å². The van der Waals surface area contributed by atoms with Crippen LogP contribution in [0.15, 0.2) is 97.2 Å². The van der Waals surface area contributed by atoms with Crippen LogP contribution in [0.25, 0.3) is 22.3 Å². The van der Waals surface area contributed by atoms with Crippen molar-refractivity contribution in [2.45, 2.75) is 119 Å². The van der Waals surface area contributed by atoms with Gasteiger partial charge in [-0.1, -0.05) is 52.0 Å². The predicted octanol–water partition coefficient (Wildman–Crippen LogP) is -2.87. The number of amidine groups is 1. The van der Waals surface area contributed by atoms with Crippen molar-refractivity contribution in [3.8, 4) is 0 Å². The molecule has 77 heavy (non-hydrogen) atoms. The largest absolute Gasteiger partial charge is 0.397 e. The number of anilines is 2. The number of aliphatic hydroxyl groups is 6. The second kappa shape index (κ2) is 25.3. The van der Waals surface area contributed by atoms with E-state index in [2.05, 4.69) is 47.5 Å². The summed E-state index contributed by atoms with van der Waals surface area (Å²) in [5, 5.41) is 68.9. The number of nitrogens with zero attached hydrogens (tertiary/aromatic N) is 8. The Morgan fingerprint density at radius 3 is 1.62 bits per heavy atom. The molecule has 14 atom stereocenters. The summed E-state index contributed by atoms with van der Waals surface area (Å²) in [7, 11) is 0. The zero-order chi connectivity index (χ0) is 55.8. The molecule has 0 saturated carbocycles. The maximum absolute atomic E-state index is 12.5. The van der Waals surface area contributed by atoms with Crippen molar-refractivity contribution in [3.63, 3.8) is 0 Å². The SMILES string of the molecule is C=C1N=C(N)C=CN1[C@@H]1O[C@H](CO)C(NC(=O)C(N)CCC)[C@@H]1O.CC(C)C(N)C(=O)NC1[C@@H](CO)O[C@@H](n2cnc3c(N)ccnc32)[C@H]1O.Nc1ccnc2c1ncn2[C@@H]1O[C@H](CO)C(NC(=O)c2ccccc2)[C@@H]1O. The molecule has 4 aromatic heterocycles. The van der Waals surface area contributed by atoms with Gasteiger partial charge in [-0.3, -0.25) is 23.5 Å². The van der Waals surface area contributed by atoms with Gasteiger partial charge in [0.25, 0.3) is 5.91 Å². The molecule has 0 radical (unpaired) electrons. The van der Waals surface area contributed by atoms with Gasteiger partial charge in [-0.05, 0) is 42.7 Å². The lowest BCUT2D eigenvalue weighted by atomic mass is 10.0. The lowest BCUT2D eigenvalue weighted by molar-refractivity contribution is -0.125. The van der Waals surface area contributed by atoms with Gasteiger partial charge in [0.05, 0.1) is 74.1 Å². The summed E-state index contributed by atoms with van der Waals surface area (Å²) in [4.78, 5) is 59.2. The van der Waals surface area contributed by atoms with Gasteiger partial charge in [-0.15, -0.1) is 0 Å². The lowest BCUT2D eigenvalue weighted by Crippen LogP contribution is -2.54. The molecule has 3 saturated heterocycles. The number of carbonyl (C=O) groups is 3. The minimum atomic E-state index is -1.13. The highest BCUT2D eigenvalue weighted by Crippen LogP contribution is 2.34. The Balaban J connectivity index is 0.000000168. The number of carbonyl (C=O) groups excluding carboxylic acids is 3. The number of hydrogen-bond donors (Lipinski definition) is 14. The van der Waals surface area contributed by atoms with Crippen LogP contribution in [0.1, 0.15) is 56.4 Å². The second-order valence-electron chi connectivity index (χ2n) is 18.9. The average molecular weight is 1070 g/mol. The number of aliphatic imine (C=N–C) groups is 1. The maximum Gasteiger partial charge on any atom is 0.251 e. The van der Waals surface area contributed by atoms with Crippen molar-refractivity contribution >= 4 is 57.3 Å². The van der Waals surface area contributed by atoms with Crippen molar-refractivity contribution in [3.05, 3.63) is 97.8 Å². The Kier molecular flexibility index (Phi) is 18.9. The van der Waals surface area contributed by atoms with Crippen molar-refractivity contribution < 1.29 is 59.2 Å². The van der Waals surface area contributed by atoms with Crippen molar-refractivity contribution in [2.24, 2.45) is 28.1 Å². The molecule has 19 N–H and O–H groups in total. The summed E-state index contributed by atoms with van der Waals surface area (Å²) in [5.41, 5.74) is 32.2. The first-order chi connectivity index (χ1) is 36.8. The summed E-state index contributed by atoms with van der Waals surface area (Å²) < 4.78 is 20.3. The first kappa shape index (κ1) is 57.5. The first-order valence-electron chi connectivity index (χ1n) is 24.8. The Bertz CT molecular complexity index is 2910. The highest BCUT2D eigenvalue weighted by atomic mass is 16.6. The standard InChI is InChI=1S/C18H19N5O4.C16H24N6O4.C15H25N5O4/c19-11-6-7-20-16-13(11)21-9-23(16)18-15(25)14(12(8-24)27-18)22-17(26)10-4-2-1-3-5-10;1-7(2)10(18)15(25)21-12-9(5-23)26-16(13(12)24)22-6-20-11-8(17)3-4-19-14(11)22;1-3-4-9(16)14(23)19-12-10(7-21)24-15(13(12)22)20-6-5-11(17)18-8(20)2/h1-7,9,12,14-15,18,24-25H,8H2,(H2,19,20)(H,22,26);3-4,6-7,9-10,12-13,16,23-24H,5,18H2,1-2H3,(H2,17,19)(H,21,25);5-6,9-10,12-13,15,21-22H,2-4,7,16H2,1H3,(H2,17,18)(H,19,23)/t12-,14?,15+,18-;9-,10?,12?,13+,16-;9?,10-,12?,13+,15-/m111/s1. The van der Waals surface area contributed by atoms with E-state index in [0.717, 1.165) is 6.42 Å². The number of nitrogens with two attached hydrogens (primary N) is 5. The minimum Gasteiger partial charge on any atom is -0.397 e. The third-order valence-corrected chi connectivity index (χ3v) is 13.3. The number of amides is 3. The number of aromatic nitrogens is 6. The topological polar surface area (TPSA) is 443 Å². The van der Waals surface area contributed by atoms with Gasteiger partial charge >= 0.3 is 0 Å². The summed E-state index contributed by atoms with van der Waals surface area (Å²) in [6, 6.07) is 8.08. The molecule has 1 aromatic carbocycles. The monoisotopic (exact) mass is 1070 g/mol. The zero-order valence-electron chi connectivity index (χ0n) is 42.5. The molecular formula is C49H68N16O12. The number of fused-ring (bicyclic) bond motifs is 2. The Hall–Kier alpha value is -7.22. The molecule has 9 rings (SSSR count). The Morgan fingerprint density at radius 1 is 0.688 bits per heavy atom. The lowest BCUT2D eigenvalue weighted by Gasteiger charge is -2.30. The average Bonchev–Trinajstić information content (AvgIpc) is 4.26. The molecule has 0 spiro atoms. The van der Waals surface area contributed by atoms with Crippen LogP contribution in [-0.4, -0.2) is 181 Å². The van der Waals surface area contributed by atoms with Crippen LogP contribution in [-0.2, 0) is 23.8 Å². The number of rotatable bonds is 15. The number of ether oxygens (including phenoxy) is 3. The van der Waals surface area contributed by atoms with Gasteiger partial charge in [-0.2, -0.15) is 0 Å². The van der Waals surface area contributed by atoms with Crippen molar-refractivity contribution in [1.82, 2.24) is 49.9 Å². The molecule has 0 aliphatic carbocycles. The van der Waals surface area contributed by atoms with E-state index in [4.69, 9.17) is 42.9 Å². The normalized spacial score (nSPS) is 27.6. The number of aliphatic hydroxyl groups excluding tert-OH is 6. The highest BCUT2D eigenvalue weighted by molar-refractivity contribution is 5.94. The Morgan fingerprint density at radius 2 is 1.16 bits per heavy atom. The Labute approximate surface area is 441 Å². The van der Waals surface area contributed by atoms with Crippen LogP contribution in [0.5, 0.6) is 0 Å². The third kappa shape index (κ3) is 12.5. The van der Waals surface area contributed by atoms with Gasteiger partial charge in [0, 0.05) is 24.2 Å². The van der Waals surface area contributed by atoms with E-state index < -0.39 is 91.4 Å². The fraction of sp³-hybridized carbons (Fsp3) is 0.469. The van der Waals surface area contributed by atoms with Crippen LogP contribution in [0, 0.1) is 5.92 Å². The number of hydrogen-bond acceptors (Lipinski definition) is 23. The van der Waals surface area contributed by atoms with Crippen LogP contribution in [0.3, 0.4) is 0 Å². The minimum absolute atomic E-state index is 0.0670. The molecule has 28 heteroatoms. The van der Waals surface area contributed by atoms with Crippen molar-refractivity contribution in [1.29, 1.82) is 0 Å². The molecular weight excluding hydrogens is 1000 g/mol. The van der Waals surface area contributed by atoms with Gasteiger partial charge < -0.3 is 94.4 Å². The van der Waals surface area contributed by atoms with E-state index in [1.807, 2.05) is 20.8 Å². The molecule has 8 heterocycles. The maximum atomic E-state index is 12.5. The van der Waals surface area contributed by atoms with E-state index in [-0.39, 0.29) is 43.4 Å².